The van der Waals surface area contributed by atoms with Crippen molar-refractivity contribution >= 4 is 46.3 Å². The van der Waals surface area contributed by atoms with Crippen molar-refractivity contribution in [2.45, 2.75) is 24.8 Å². The summed E-state index contributed by atoms with van der Waals surface area (Å²) in [5, 5.41) is 10.6. The quantitative estimate of drug-likeness (QED) is 0.633. The molecule has 1 N–H and O–H groups in total. The lowest BCUT2D eigenvalue weighted by molar-refractivity contribution is -0.116. The third-order valence-corrected chi connectivity index (χ3v) is 6.84. The number of ketones is 1. The molecule has 27 heavy (non-hydrogen) atoms. The topological polar surface area (TPSA) is 59.8 Å². The summed E-state index contributed by atoms with van der Waals surface area (Å²) < 4.78 is 1.74. The zero-order valence-electron chi connectivity index (χ0n) is 14.0. The van der Waals surface area contributed by atoms with Crippen LogP contribution in [-0.2, 0) is 4.79 Å². The van der Waals surface area contributed by atoms with Crippen LogP contribution in [0.3, 0.4) is 0 Å². The van der Waals surface area contributed by atoms with Crippen LogP contribution in [0.4, 0.5) is 5.95 Å². The van der Waals surface area contributed by atoms with Gasteiger partial charge in [-0.3, -0.25) is 4.79 Å². The van der Waals surface area contributed by atoms with Crippen LogP contribution in [0, 0.1) is 0 Å². The highest BCUT2D eigenvalue weighted by Crippen LogP contribution is 2.45. The van der Waals surface area contributed by atoms with Crippen molar-refractivity contribution in [1.82, 2.24) is 14.8 Å². The minimum atomic E-state index is -0.356. The van der Waals surface area contributed by atoms with E-state index in [4.69, 9.17) is 23.2 Å². The monoisotopic (exact) mass is 416 g/mol. The third-order valence-electron chi connectivity index (χ3n) is 5.07. The molecule has 2 aromatic heterocycles. The van der Waals surface area contributed by atoms with E-state index in [1.165, 1.54) is 11.2 Å². The Balaban J connectivity index is 1.63. The van der Waals surface area contributed by atoms with Gasteiger partial charge in [-0.2, -0.15) is 10.1 Å². The van der Waals surface area contributed by atoms with Gasteiger partial charge in [0.15, 0.2) is 5.78 Å². The van der Waals surface area contributed by atoms with E-state index >= 15 is 0 Å². The number of anilines is 1. The maximum Gasteiger partial charge on any atom is 0.226 e. The smallest absolute Gasteiger partial charge is 0.226 e. The molecule has 136 valence electrons. The summed E-state index contributed by atoms with van der Waals surface area (Å²) in [4.78, 5) is 18.7. The summed E-state index contributed by atoms with van der Waals surface area (Å²) in [6.07, 6.45) is 2.75. The molecule has 8 heteroatoms. The van der Waals surface area contributed by atoms with Crippen molar-refractivity contribution in [2.75, 3.05) is 5.32 Å². The molecular weight excluding hydrogens is 403 g/mol. The Morgan fingerprint density at radius 3 is 2.85 bits per heavy atom. The SMILES string of the molecule is O=C1CC(c2cccs2)CC2=C1C(c1ccc(Cl)c(Cl)c1)n1ncnc1N2. The molecule has 1 aromatic carbocycles. The number of carbonyl (C=O) groups excluding carboxylic acids is 1. The van der Waals surface area contributed by atoms with E-state index in [-0.39, 0.29) is 17.7 Å². The number of fused-ring (bicyclic) bond motifs is 1. The van der Waals surface area contributed by atoms with Gasteiger partial charge in [0.05, 0.1) is 10.0 Å². The Morgan fingerprint density at radius 2 is 2.07 bits per heavy atom. The van der Waals surface area contributed by atoms with Crippen LogP contribution in [0.5, 0.6) is 0 Å². The van der Waals surface area contributed by atoms with Crippen molar-refractivity contribution in [3.63, 3.8) is 0 Å². The van der Waals surface area contributed by atoms with Crippen molar-refractivity contribution in [1.29, 1.82) is 0 Å². The molecule has 5 nitrogen and oxygen atoms in total. The first-order valence-electron chi connectivity index (χ1n) is 8.53. The zero-order chi connectivity index (χ0) is 18.5. The third kappa shape index (κ3) is 2.79. The minimum absolute atomic E-state index is 0.124. The van der Waals surface area contributed by atoms with Crippen LogP contribution in [-0.4, -0.2) is 20.5 Å². The van der Waals surface area contributed by atoms with Gasteiger partial charge in [0, 0.05) is 28.5 Å². The van der Waals surface area contributed by atoms with Gasteiger partial charge in [0.1, 0.15) is 12.4 Å². The van der Waals surface area contributed by atoms with Gasteiger partial charge in [0.25, 0.3) is 0 Å². The highest BCUT2D eigenvalue weighted by Gasteiger charge is 2.39. The Kier molecular flexibility index (Phi) is 4.07. The fourth-order valence-corrected chi connectivity index (χ4v) is 5.00. The highest BCUT2D eigenvalue weighted by molar-refractivity contribution is 7.10. The number of aromatic nitrogens is 3. The number of benzene rings is 1. The number of thiophene rings is 1. The van der Waals surface area contributed by atoms with E-state index < -0.39 is 0 Å². The molecule has 2 aliphatic rings. The fraction of sp³-hybridized carbons (Fsp3) is 0.211. The molecule has 0 saturated carbocycles. The summed E-state index contributed by atoms with van der Waals surface area (Å²) in [5.74, 6) is 0.941. The van der Waals surface area contributed by atoms with Crippen LogP contribution >= 0.6 is 34.5 Å². The number of allylic oxidation sites excluding steroid dienone is 2. The number of halogens is 2. The van der Waals surface area contributed by atoms with Crippen LogP contribution in [0.2, 0.25) is 10.0 Å². The van der Waals surface area contributed by atoms with Crippen LogP contribution in [0.15, 0.2) is 53.3 Å². The van der Waals surface area contributed by atoms with Gasteiger partial charge in [-0.25, -0.2) is 4.68 Å². The number of hydrogen-bond donors (Lipinski definition) is 1. The highest BCUT2D eigenvalue weighted by atomic mass is 35.5. The Hall–Kier alpha value is -2.15. The first-order valence-corrected chi connectivity index (χ1v) is 10.2. The van der Waals surface area contributed by atoms with E-state index in [2.05, 4.69) is 21.5 Å². The number of nitrogens with one attached hydrogen (secondary N) is 1. The lowest BCUT2D eigenvalue weighted by Crippen LogP contribution is -2.33. The van der Waals surface area contributed by atoms with E-state index in [0.717, 1.165) is 23.3 Å². The van der Waals surface area contributed by atoms with Gasteiger partial charge >= 0.3 is 0 Å². The van der Waals surface area contributed by atoms with Crippen LogP contribution < -0.4 is 5.32 Å². The molecular formula is C19H14Cl2N4OS. The zero-order valence-corrected chi connectivity index (χ0v) is 16.4. The van der Waals surface area contributed by atoms with Crippen LogP contribution in [0.25, 0.3) is 0 Å². The van der Waals surface area contributed by atoms with Crippen molar-refractivity contribution in [3.8, 4) is 0 Å². The van der Waals surface area contributed by atoms with Crippen LogP contribution in [0.1, 0.15) is 35.2 Å². The van der Waals surface area contributed by atoms with Gasteiger partial charge in [-0.15, -0.1) is 11.3 Å². The summed E-state index contributed by atoms with van der Waals surface area (Å²) in [5.41, 5.74) is 2.52. The summed E-state index contributed by atoms with van der Waals surface area (Å²) in [6, 6.07) is 9.20. The first-order chi connectivity index (χ1) is 13.1. The molecule has 3 heterocycles. The van der Waals surface area contributed by atoms with Gasteiger partial charge in [0.2, 0.25) is 5.95 Å². The standard InChI is InChI=1S/C19H14Cl2N4OS/c20-12-4-3-10(6-13(12)21)18-17-14(24-19-22-9-23-25(18)19)7-11(8-15(17)26)16-2-1-5-27-16/h1-6,9,11,18H,7-8H2,(H,22,23,24). The lowest BCUT2D eigenvalue weighted by atomic mass is 9.80. The van der Waals surface area contributed by atoms with Gasteiger partial charge in [-0.05, 0) is 35.6 Å². The fourth-order valence-electron chi connectivity index (χ4n) is 3.87. The predicted molar refractivity (Wildman–Crippen MR) is 107 cm³/mol. The molecule has 0 fully saturated rings. The largest absolute Gasteiger partial charge is 0.328 e. The van der Waals surface area contributed by atoms with Crippen molar-refractivity contribution in [2.24, 2.45) is 0 Å². The molecule has 2 unspecified atom stereocenters. The Morgan fingerprint density at radius 1 is 1.19 bits per heavy atom. The second kappa shape index (κ2) is 6.48. The van der Waals surface area contributed by atoms with E-state index in [1.54, 1.807) is 28.2 Å². The number of nitrogens with zero attached hydrogens (tertiary/aromatic N) is 3. The molecule has 0 spiro atoms. The second-order valence-corrected chi connectivity index (χ2v) is 8.46. The van der Waals surface area contributed by atoms with Gasteiger partial charge < -0.3 is 5.32 Å². The average Bonchev–Trinajstić information content (AvgIpc) is 3.33. The number of hydrogen-bond acceptors (Lipinski definition) is 5. The normalized spacial score (nSPS) is 21.6. The molecule has 1 aliphatic carbocycles. The molecule has 0 radical (unpaired) electrons. The molecule has 5 rings (SSSR count). The minimum Gasteiger partial charge on any atom is -0.328 e. The van der Waals surface area contributed by atoms with Crippen molar-refractivity contribution in [3.05, 3.63) is 73.8 Å². The predicted octanol–water partition coefficient (Wildman–Crippen LogP) is 5.06. The van der Waals surface area contributed by atoms with Crippen molar-refractivity contribution < 1.29 is 4.79 Å². The maximum atomic E-state index is 13.2. The molecule has 2 atom stereocenters. The Bertz CT molecular complexity index is 1070. The average molecular weight is 417 g/mol. The number of Topliss-reactive ketones (excluding diaryl/α,β-unsaturated/α-hetero) is 1. The molecule has 0 saturated heterocycles. The molecule has 0 amide bonds. The number of carbonyl (C=O) groups is 1. The second-order valence-electron chi connectivity index (χ2n) is 6.67. The summed E-state index contributed by atoms with van der Waals surface area (Å²) in [6.45, 7) is 0. The summed E-state index contributed by atoms with van der Waals surface area (Å²) in [7, 11) is 0. The molecule has 3 aromatic rings. The van der Waals surface area contributed by atoms with Gasteiger partial charge in [-0.1, -0.05) is 35.3 Å². The maximum absolute atomic E-state index is 13.2. The summed E-state index contributed by atoms with van der Waals surface area (Å²) >= 11 is 14.0. The Labute approximate surface area is 169 Å². The van der Waals surface area contributed by atoms with E-state index in [0.29, 0.717) is 22.4 Å². The first kappa shape index (κ1) is 17.0. The molecule has 1 aliphatic heterocycles. The lowest BCUT2D eigenvalue weighted by Gasteiger charge is -2.34. The molecule has 0 bridgehead atoms. The van der Waals surface area contributed by atoms with E-state index in [9.17, 15) is 4.79 Å². The number of rotatable bonds is 2. The van der Waals surface area contributed by atoms with E-state index in [1.807, 2.05) is 17.5 Å².